The molecule has 0 spiro atoms. The molecule has 2 amide bonds. The van der Waals surface area contributed by atoms with Crippen LogP contribution in [-0.2, 0) is 4.74 Å². The minimum atomic E-state index is -0.0518. The van der Waals surface area contributed by atoms with Gasteiger partial charge in [0.05, 0.1) is 12.1 Å². The summed E-state index contributed by atoms with van der Waals surface area (Å²) in [4.78, 5) is 14.7. The van der Waals surface area contributed by atoms with Crippen LogP contribution in [0.3, 0.4) is 0 Å². The Labute approximate surface area is 135 Å². The van der Waals surface area contributed by atoms with Gasteiger partial charge in [-0.25, -0.2) is 4.79 Å². The molecule has 0 bridgehead atoms. The van der Waals surface area contributed by atoms with E-state index in [2.05, 4.69) is 5.32 Å². The SMILES string of the molecule is O=C(Nc1ccc2c(c1)OCCO2)N1CCCO[C@@H]2CCC[C@@H]21. The summed E-state index contributed by atoms with van der Waals surface area (Å²) < 4.78 is 17.0. The maximum atomic E-state index is 12.7. The van der Waals surface area contributed by atoms with Crippen LogP contribution in [0.5, 0.6) is 11.5 Å². The molecule has 23 heavy (non-hydrogen) atoms. The highest BCUT2D eigenvalue weighted by Gasteiger charge is 2.37. The van der Waals surface area contributed by atoms with Crippen LogP contribution in [-0.4, -0.2) is 49.4 Å². The molecule has 4 rings (SSSR count). The normalized spacial score (nSPS) is 26.3. The van der Waals surface area contributed by atoms with Gasteiger partial charge < -0.3 is 24.4 Å². The molecular weight excluding hydrogens is 296 g/mol. The summed E-state index contributed by atoms with van der Waals surface area (Å²) in [7, 11) is 0. The van der Waals surface area contributed by atoms with E-state index >= 15 is 0 Å². The fourth-order valence-electron chi connectivity index (χ4n) is 3.66. The van der Waals surface area contributed by atoms with Gasteiger partial charge in [-0.3, -0.25) is 0 Å². The summed E-state index contributed by atoms with van der Waals surface area (Å²) in [5.41, 5.74) is 0.735. The van der Waals surface area contributed by atoms with Crippen LogP contribution >= 0.6 is 0 Å². The molecule has 3 aliphatic rings. The van der Waals surface area contributed by atoms with Gasteiger partial charge in [-0.1, -0.05) is 0 Å². The molecule has 6 nitrogen and oxygen atoms in total. The van der Waals surface area contributed by atoms with Crippen molar-refractivity contribution < 1.29 is 19.0 Å². The number of amides is 2. The van der Waals surface area contributed by atoms with Gasteiger partial charge in [-0.15, -0.1) is 0 Å². The van der Waals surface area contributed by atoms with Gasteiger partial charge in [0, 0.05) is 24.9 Å². The quantitative estimate of drug-likeness (QED) is 0.865. The van der Waals surface area contributed by atoms with Gasteiger partial charge in [0.15, 0.2) is 11.5 Å². The lowest BCUT2D eigenvalue weighted by molar-refractivity contribution is 0.0413. The molecule has 0 aromatic heterocycles. The second kappa shape index (κ2) is 6.28. The summed E-state index contributed by atoms with van der Waals surface area (Å²) in [6.45, 7) is 2.60. The highest BCUT2D eigenvalue weighted by molar-refractivity contribution is 5.90. The van der Waals surface area contributed by atoms with Crippen LogP contribution in [0.4, 0.5) is 10.5 Å². The number of hydrogen-bond acceptors (Lipinski definition) is 4. The third-order valence-electron chi connectivity index (χ3n) is 4.75. The summed E-state index contributed by atoms with van der Waals surface area (Å²) in [6.07, 6.45) is 4.30. The third-order valence-corrected chi connectivity index (χ3v) is 4.75. The zero-order valence-corrected chi connectivity index (χ0v) is 13.1. The number of ether oxygens (including phenoxy) is 3. The largest absolute Gasteiger partial charge is 0.486 e. The summed E-state index contributed by atoms with van der Waals surface area (Å²) in [6, 6.07) is 5.67. The molecule has 1 N–H and O–H groups in total. The van der Waals surface area contributed by atoms with Crippen LogP contribution in [0.1, 0.15) is 25.7 Å². The summed E-state index contributed by atoms with van der Waals surface area (Å²) in [5.74, 6) is 1.42. The number of urea groups is 1. The third kappa shape index (κ3) is 2.95. The van der Waals surface area contributed by atoms with Crippen molar-refractivity contribution in [3.05, 3.63) is 18.2 Å². The molecule has 0 radical (unpaired) electrons. The predicted octanol–water partition coefficient (Wildman–Crippen LogP) is 2.63. The number of nitrogens with zero attached hydrogens (tertiary/aromatic N) is 1. The first-order chi connectivity index (χ1) is 11.3. The van der Waals surface area contributed by atoms with Crippen LogP contribution in [0.2, 0.25) is 0 Å². The minimum absolute atomic E-state index is 0.0518. The number of rotatable bonds is 1. The van der Waals surface area contributed by atoms with Gasteiger partial charge in [0.25, 0.3) is 0 Å². The molecule has 1 aromatic carbocycles. The van der Waals surface area contributed by atoms with Crippen molar-refractivity contribution in [1.29, 1.82) is 0 Å². The van der Waals surface area contributed by atoms with E-state index in [4.69, 9.17) is 14.2 Å². The number of carbonyl (C=O) groups is 1. The summed E-state index contributed by atoms with van der Waals surface area (Å²) in [5, 5.41) is 3.00. The van der Waals surface area contributed by atoms with Gasteiger partial charge in [0.2, 0.25) is 0 Å². The van der Waals surface area contributed by atoms with E-state index in [0.29, 0.717) is 19.0 Å². The monoisotopic (exact) mass is 318 g/mol. The van der Waals surface area contributed by atoms with Crippen LogP contribution < -0.4 is 14.8 Å². The van der Waals surface area contributed by atoms with E-state index in [9.17, 15) is 4.79 Å². The van der Waals surface area contributed by atoms with E-state index in [1.807, 2.05) is 23.1 Å². The van der Waals surface area contributed by atoms with Crippen molar-refractivity contribution in [3.8, 4) is 11.5 Å². The van der Waals surface area contributed by atoms with Gasteiger partial charge >= 0.3 is 6.03 Å². The average molecular weight is 318 g/mol. The zero-order valence-electron chi connectivity index (χ0n) is 13.1. The molecule has 2 fully saturated rings. The number of benzene rings is 1. The molecule has 2 heterocycles. The van der Waals surface area contributed by atoms with Gasteiger partial charge in [-0.2, -0.15) is 0 Å². The van der Waals surface area contributed by atoms with E-state index < -0.39 is 0 Å². The Morgan fingerprint density at radius 1 is 1.09 bits per heavy atom. The molecule has 2 atom stereocenters. The lowest BCUT2D eigenvalue weighted by Gasteiger charge is -2.30. The first-order valence-electron chi connectivity index (χ1n) is 8.40. The van der Waals surface area contributed by atoms with Crippen molar-refractivity contribution in [1.82, 2.24) is 4.90 Å². The van der Waals surface area contributed by atoms with Crippen molar-refractivity contribution in [3.63, 3.8) is 0 Å². The fourth-order valence-corrected chi connectivity index (χ4v) is 3.66. The topological polar surface area (TPSA) is 60.0 Å². The molecule has 0 unspecified atom stereocenters. The standard InChI is InChI=1S/C17H22N2O4/c20-17(19-7-2-8-21-14-4-1-3-13(14)19)18-12-5-6-15-16(11-12)23-10-9-22-15/h5-6,11,13-14H,1-4,7-10H2,(H,18,20)/t13-,14+/m0/s1. The first-order valence-corrected chi connectivity index (χ1v) is 8.40. The minimum Gasteiger partial charge on any atom is -0.486 e. The lowest BCUT2D eigenvalue weighted by atomic mass is 10.2. The van der Waals surface area contributed by atoms with E-state index in [-0.39, 0.29) is 18.2 Å². The Hall–Kier alpha value is -1.95. The second-order valence-corrected chi connectivity index (χ2v) is 6.24. The number of anilines is 1. The van der Waals surface area contributed by atoms with Crippen molar-refractivity contribution in [2.75, 3.05) is 31.7 Å². The molecule has 1 aliphatic carbocycles. The van der Waals surface area contributed by atoms with Crippen LogP contribution in [0.15, 0.2) is 18.2 Å². The van der Waals surface area contributed by atoms with Crippen LogP contribution in [0, 0.1) is 0 Å². The van der Waals surface area contributed by atoms with E-state index in [1.165, 1.54) is 0 Å². The maximum absolute atomic E-state index is 12.7. The molecule has 124 valence electrons. The number of nitrogens with one attached hydrogen (secondary N) is 1. The Balaban J connectivity index is 1.48. The predicted molar refractivity (Wildman–Crippen MR) is 85.2 cm³/mol. The number of hydrogen-bond donors (Lipinski definition) is 1. The maximum Gasteiger partial charge on any atom is 0.322 e. The van der Waals surface area contributed by atoms with E-state index in [1.54, 1.807) is 0 Å². The Bertz CT molecular complexity index is 592. The lowest BCUT2D eigenvalue weighted by Crippen LogP contribution is -2.45. The molecule has 1 saturated carbocycles. The number of fused-ring (bicyclic) bond motifs is 2. The van der Waals surface area contributed by atoms with Crippen molar-refractivity contribution in [2.45, 2.75) is 37.8 Å². The molecule has 1 saturated heterocycles. The van der Waals surface area contributed by atoms with E-state index in [0.717, 1.165) is 50.3 Å². The molecule has 1 aromatic rings. The Kier molecular flexibility index (Phi) is 3.99. The highest BCUT2D eigenvalue weighted by Crippen LogP contribution is 2.33. The molecule has 2 aliphatic heterocycles. The summed E-state index contributed by atoms with van der Waals surface area (Å²) >= 11 is 0. The highest BCUT2D eigenvalue weighted by atomic mass is 16.6. The average Bonchev–Trinajstić information content (AvgIpc) is 2.94. The zero-order chi connectivity index (χ0) is 15.6. The second-order valence-electron chi connectivity index (χ2n) is 6.24. The molecule has 6 heteroatoms. The number of carbonyl (C=O) groups excluding carboxylic acids is 1. The Morgan fingerprint density at radius 2 is 1.96 bits per heavy atom. The first kappa shape index (κ1) is 14.6. The van der Waals surface area contributed by atoms with Crippen molar-refractivity contribution in [2.24, 2.45) is 0 Å². The van der Waals surface area contributed by atoms with Gasteiger partial charge in [0.1, 0.15) is 13.2 Å². The fraction of sp³-hybridized carbons (Fsp3) is 0.588. The van der Waals surface area contributed by atoms with Crippen LogP contribution in [0.25, 0.3) is 0 Å². The molecular formula is C17H22N2O4. The smallest absolute Gasteiger partial charge is 0.322 e. The Morgan fingerprint density at radius 3 is 2.87 bits per heavy atom. The van der Waals surface area contributed by atoms with Crippen molar-refractivity contribution >= 4 is 11.7 Å². The van der Waals surface area contributed by atoms with Gasteiger partial charge in [-0.05, 0) is 37.8 Å².